The summed E-state index contributed by atoms with van der Waals surface area (Å²) >= 11 is 0. The normalized spacial score (nSPS) is 10.6. The molecule has 0 bridgehead atoms. The molecule has 1 heterocycles. The summed E-state index contributed by atoms with van der Waals surface area (Å²) in [5.41, 5.74) is 10.3. The van der Waals surface area contributed by atoms with Crippen LogP contribution in [0.1, 0.15) is 17.0 Å². The van der Waals surface area contributed by atoms with Crippen LogP contribution in [-0.2, 0) is 13.0 Å². The van der Waals surface area contributed by atoms with Gasteiger partial charge in [-0.1, -0.05) is 18.2 Å². The maximum Gasteiger partial charge on any atom is 0.0951 e. The van der Waals surface area contributed by atoms with Gasteiger partial charge >= 0.3 is 0 Å². The minimum Gasteiger partial charge on any atom is -0.399 e. The van der Waals surface area contributed by atoms with Crippen LogP contribution in [0.25, 0.3) is 0 Å². The van der Waals surface area contributed by atoms with E-state index in [9.17, 15) is 0 Å². The molecule has 0 spiro atoms. The number of benzene rings is 1. The Morgan fingerprint density at radius 1 is 1.25 bits per heavy atom. The van der Waals surface area contributed by atoms with E-state index >= 15 is 0 Å². The number of aromatic nitrogens is 2. The first-order valence-corrected chi connectivity index (χ1v) is 5.50. The van der Waals surface area contributed by atoms with E-state index in [1.54, 1.807) is 0 Å². The van der Waals surface area contributed by atoms with Crippen molar-refractivity contribution in [3.05, 3.63) is 47.5 Å². The molecule has 0 atom stereocenters. The van der Waals surface area contributed by atoms with Crippen molar-refractivity contribution in [3.63, 3.8) is 0 Å². The van der Waals surface area contributed by atoms with Gasteiger partial charge in [-0.2, -0.15) is 0 Å². The molecule has 0 saturated carbocycles. The lowest BCUT2D eigenvalue weighted by Crippen LogP contribution is -2.04. The predicted molar refractivity (Wildman–Crippen MR) is 66.3 cm³/mol. The fraction of sp³-hybridized carbons (Fsp3) is 0.308. The average Bonchev–Trinajstić information content (AvgIpc) is 2.59. The van der Waals surface area contributed by atoms with Gasteiger partial charge in [-0.05, 0) is 31.9 Å². The van der Waals surface area contributed by atoms with Gasteiger partial charge in [0.15, 0.2) is 0 Å². The number of hydrogen-bond acceptors (Lipinski definition) is 2. The number of anilines is 1. The molecule has 16 heavy (non-hydrogen) atoms. The molecule has 3 heteroatoms. The highest BCUT2D eigenvalue weighted by Gasteiger charge is 2.03. The maximum atomic E-state index is 5.90. The summed E-state index contributed by atoms with van der Waals surface area (Å²) in [6.45, 7) is 5.06. The van der Waals surface area contributed by atoms with E-state index in [0.29, 0.717) is 0 Å². The Hall–Kier alpha value is -1.77. The second-order valence-corrected chi connectivity index (χ2v) is 4.06. The van der Waals surface area contributed by atoms with Crippen LogP contribution in [0.15, 0.2) is 30.6 Å². The van der Waals surface area contributed by atoms with Crippen molar-refractivity contribution in [2.24, 2.45) is 0 Å². The van der Waals surface area contributed by atoms with Crippen LogP contribution >= 0.6 is 0 Å². The smallest absolute Gasteiger partial charge is 0.0951 e. The van der Waals surface area contributed by atoms with Gasteiger partial charge in [-0.3, -0.25) is 0 Å². The molecule has 0 fully saturated rings. The third kappa shape index (κ3) is 2.08. The molecule has 0 aliphatic heterocycles. The zero-order valence-electron chi connectivity index (χ0n) is 9.77. The fourth-order valence-corrected chi connectivity index (χ4v) is 1.77. The number of nitrogens with zero attached hydrogens (tertiary/aromatic N) is 2. The van der Waals surface area contributed by atoms with Crippen LogP contribution in [-0.4, -0.2) is 9.55 Å². The van der Waals surface area contributed by atoms with Crippen LogP contribution in [0.3, 0.4) is 0 Å². The summed E-state index contributed by atoms with van der Waals surface area (Å²) in [4.78, 5) is 4.28. The number of rotatable bonds is 3. The maximum absolute atomic E-state index is 5.90. The molecule has 1 aromatic carbocycles. The molecule has 2 N–H and O–H groups in total. The lowest BCUT2D eigenvalue weighted by Gasteiger charge is -2.07. The molecule has 2 rings (SSSR count). The Kier molecular flexibility index (Phi) is 2.95. The fourth-order valence-electron chi connectivity index (χ4n) is 1.77. The third-order valence-corrected chi connectivity index (χ3v) is 3.02. The summed E-state index contributed by atoms with van der Waals surface area (Å²) in [6, 6.07) is 8.01. The number of nitrogens with two attached hydrogens (primary N) is 1. The minimum atomic E-state index is 0.872. The highest BCUT2D eigenvalue weighted by Crippen LogP contribution is 2.13. The van der Waals surface area contributed by atoms with Gasteiger partial charge in [0.1, 0.15) is 0 Å². The molecule has 2 aromatic rings. The summed E-state index contributed by atoms with van der Waals surface area (Å²) < 4.78 is 2.17. The molecule has 84 valence electrons. The number of nitrogen functional groups attached to an aromatic ring is 1. The summed E-state index contributed by atoms with van der Waals surface area (Å²) in [5, 5.41) is 0. The van der Waals surface area contributed by atoms with E-state index in [0.717, 1.165) is 24.3 Å². The number of aryl methyl sites for hydroxylation is 3. The monoisotopic (exact) mass is 215 g/mol. The minimum absolute atomic E-state index is 0.872. The van der Waals surface area contributed by atoms with Crippen molar-refractivity contribution in [3.8, 4) is 0 Å². The molecule has 0 aliphatic carbocycles. The van der Waals surface area contributed by atoms with E-state index in [-0.39, 0.29) is 0 Å². The van der Waals surface area contributed by atoms with Gasteiger partial charge in [0.25, 0.3) is 0 Å². The van der Waals surface area contributed by atoms with Crippen molar-refractivity contribution in [1.82, 2.24) is 9.55 Å². The van der Waals surface area contributed by atoms with Crippen molar-refractivity contribution in [2.45, 2.75) is 26.8 Å². The van der Waals surface area contributed by atoms with E-state index < -0.39 is 0 Å². The van der Waals surface area contributed by atoms with E-state index in [1.165, 1.54) is 11.3 Å². The van der Waals surface area contributed by atoms with Crippen LogP contribution < -0.4 is 5.73 Å². The quantitative estimate of drug-likeness (QED) is 0.798. The first-order chi connectivity index (χ1) is 7.68. The summed E-state index contributed by atoms with van der Waals surface area (Å²) in [7, 11) is 0. The third-order valence-electron chi connectivity index (χ3n) is 3.02. The zero-order chi connectivity index (χ0) is 11.5. The van der Waals surface area contributed by atoms with Crippen LogP contribution in [0.4, 0.5) is 5.69 Å². The Bertz CT molecular complexity index is 486. The zero-order valence-corrected chi connectivity index (χ0v) is 9.77. The Labute approximate surface area is 95.9 Å². The molecular weight excluding hydrogens is 198 g/mol. The van der Waals surface area contributed by atoms with Crippen molar-refractivity contribution in [2.75, 3.05) is 5.73 Å². The standard InChI is InChI=1S/C13H17N3/c1-10-11(2)16(9-15-10)8-7-12-5-3-4-6-13(12)14/h3-6,9H,7-8,14H2,1-2H3. The topological polar surface area (TPSA) is 43.8 Å². The van der Waals surface area contributed by atoms with Crippen molar-refractivity contribution in [1.29, 1.82) is 0 Å². The lowest BCUT2D eigenvalue weighted by atomic mass is 10.1. The van der Waals surface area contributed by atoms with Gasteiger partial charge in [0.05, 0.1) is 12.0 Å². The van der Waals surface area contributed by atoms with E-state index in [1.807, 2.05) is 31.5 Å². The number of hydrogen-bond donors (Lipinski definition) is 1. The highest BCUT2D eigenvalue weighted by molar-refractivity contribution is 5.46. The SMILES string of the molecule is Cc1ncn(CCc2ccccc2N)c1C. The number of para-hydroxylation sites is 1. The van der Waals surface area contributed by atoms with Gasteiger partial charge in [-0.25, -0.2) is 4.98 Å². The first-order valence-electron chi connectivity index (χ1n) is 5.50. The molecule has 0 amide bonds. The second kappa shape index (κ2) is 4.39. The first kappa shape index (κ1) is 10.7. The molecule has 0 unspecified atom stereocenters. The highest BCUT2D eigenvalue weighted by atomic mass is 15.0. The van der Waals surface area contributed by atoms with Crippen molar-refractivity contribution >= 4 is 5.69 Å². The molecule has 0 radical (unpaired) electrons. The lowest BCUT2D eigenvalue weighted by molar-refractivity contribution is 0.677. The van der Waals surface area contributed by atoms with Gasteiger partial charge in [0, 0.05) is 17.9 Å². The Morgan fingerprint density at radius 3 is 2.62 bits per heavy atom. The van der Waals surface area contributed by atoms with Gasteiger partial charge < -0.3 is 10.3 Å². The Morgan fingerprint density at radius 2 is 2.00 bits per heavy atom. The molecule has 3 nitrogen and oxygen atoms in total. The predicted octanol–water partition coefficient (Wildman–Crippen LogP) is 2.32. The Balaban J connectivity index is 2.08. The summed E-state index contributed by atoms with van der Waals surface area (Å²) in [6.07, 6.45) is 2.84. The van der Waals surface area contributed by atoms with Gasteiger partial charge in [-0.15, -0.1) is 0 Å². The van der Waals surface area contributed by atoms with E-state index in [4.69, 9.17) is 5.73 Å². The largest absolute Gasteiger partial charge is 0.399 e. The van der Waals surface area contributed by atoms with E-state index in [2.05, 4.69) is 22.5 Å². The van der Waals surface area contributed by atoms with Gasteiger partial charge in [0.2, 0.25) is 0 Å². The average molecular weight is 215 g/mol. The van der Waals surface area contributed by atoms with Crippen LogP contribution in [0.2, 0.25) is 0 Å². The molecule has 0 saturated heterocycles. The molecule has 0 aliphatic rings. The second-order valence-electron chi connectivity index (χ2n) is 4.06. The van der Waals surface area contributed by atoms with Crippen LogP contribution in [0, 0.1) is 13.8 Å². The number of imidazole rings is 1. The molecular formula is C13H17N3. The van der Waals surface area contributed by atoms with Crippen LogP contribution in [0.5, 0.6) is 0 Å². The molecule has 1 aromatic heterocycles. The van der Waals surface area contributed by atoms with Crippen molar-refractivity contribution < 1.29 is 0 Å². The summed E-state index contributed by atoms with van der Waals surface area (Å²) in [5.74, 6) is 0.